The topological polar surface area (TPSA) is 82.2 Å². The molecule has 1 saturated heterocycles. The fourth-order valence-electron chi connectivity index (χ4n) is 1.15. The number of thiocarbonyl (C=S) groups is 1. The van der Waals surface area contributed by atoms with Crippen molar-refractivity contribution in [3.63, 3.8) is 0 Å². The molecule has 1 aromatic rings. The Morgan fingerprint density at radius 3 is 2.81 bits per heavy atom. The SMILES string of the molecule is O=C1NC(=S)S/C1=C\c1[nH]ccc(=O)c1O. The van der Waals surface area contributed by atoms with E-state index in [0.717, 1.165) is 11.8 Å². The van der Waals surface area contributed by atoms with Crippen molar-refractivity contribution in [2.45, 2.75) is 0 Å². The molecule has 0 saturated carbocycles. The van der Waals surface area contributed by atoms with Crippen LogP contribution in [0.4, 0.5) is 0 Å². The highest BCUT2D eigenvalue weighted by Gasteiger charge is 2.22. The minimum absolute atomic E-state index is 0.190. The van der Waals surface area contributed by atoms with E-state index in [9.17, 15) is 14.7 Å². The number of pyridine rings is 1. The predicted octanol–water partition coefficient (Wildman–Crippen LogP) is 0.569. The average molecular weight is 254 g/mol. The van der Waals surface area contributed by atoms with Crippen molar-refractivity contribution in [2.75, 3.05) is 0 Å². The van der Waals surface area contributed by atoms with E-state index in [4.69, 9.17) is 12.2 Å². The lowest BCUT2D eigenvalue weighted by atomic mass is 10.3. The van der Waals surface area contributed by atoms with Crippen LogP contribution in [-0.2, 0) is 4.79 Å². The number of carbonyl (C=O) groups excluding carboxylic acids is 1. The van der Waals surface area contributed by atoms with Crippen molar-refractivity contribution in [2.24, 2.45) is 0 Å². The highest BCUT2D eigenvalue weighted by molar-refractivity contribution is 8.26. The number of thioether (sulfide) groups is 1. The Bertz CT molecular complexity index is 562. The second-order valence-corrected chi connectivity index (χ2v) is 4.68. The van der Waals surface area contributed by atoms with Crippen LogP contribution in [0.5, 0.6) is 5.75 Å². The second kappa shape index (κ2) is 4.11. The van der Waals surface area contributed by atoms with Crippen LogP contribution < -0.4 is 10.7 Å². The zero-order chi connectivity index (χ0) is 11.7. The lowest BCUT2D eigenvalue weighted by Gasteiger charge is -1.97. The first-order valence-electron chi connectivity index (χ1n) is 4.23. The first-order valence-corrected chi connectivity index (χ1v) is 5.46. The molecule has 1 fully saturated rings. The van der Waals surface area contributed by atoms with E-state index in [2.05, 4.69) is 10.3 Å². The fourth-order valence-corrected chi connectivity index (χ4v) is 2.18. The van der Waals surface area contributed by atoms with Crippen LogP contribution in [0.2, 0.25) is 0 Å². The summed E-state index contributed by atoms with van der Waals surface area (Å²) in [7, 11) is 0. The van der Waals surface area contributed by atoms with Gasteiger partial charge in [-0.3, -0.25) is 9.59 Å². The molecule has 0 aliphatic carbocycles. The van der Waals surface area contributed by atoms with E-state index in [-0.39, 0.29) is 11.6 Å². The first kappa shape index (κ1) is 10.9. The summed E-state index contributed by atoms with van der Waals surface area (Å²) >= 11 is 5.89. The Labute approximate surface area is 99.6 Å². The number of aromatic amines is 1. The number of hydrogen-bond donors (Lipinski definition) is 3. The summed E-state index contributed by atoms with van der Waals surface area (Å²) in [6.07, 6.45) is 2.78. The normalized spacial score (nSPS) is 17.9. The summed E-state index contributed by atoms with van der Waals surface area (Å²) in [4.78, 5) is 25.5. The third-order valence-electron chi connectivity index (χ3n) is 1.88. The molecule has 16 heavy (non-hydrogen) atoms. The minimum Gasteiger partial charge on any atom is -0.503 e. The highest BCUT2D eigenvalue weighted by atomic mass is 32.2. The summed E-state index contributed by atoms with van der Waals surface area (Å²) < 4.78 is 0.356. The van der Waals surface area contributed by atoms with Crippen LogP contribution in [-0.4, -0.2) is 20.3 Å². The van der Waals surface area contributed by atoms with Crippen molar-refractivity contribution in [3.05, 3.63) is 33.1 Å². The minimum atomic E-state index is -0.503. The Kier molecular flexibility index (Phi) is 2.80. The van der Waals surface area contributed by atoms with E-state index in [1.165, 1.54) is 18.3 Å². The molecule has 82 valence electrons. The van der Waals surface area contributed by atoms with Crippen LogP contribution in [0, 0.1) is 0 Å². The molecule has 0 spiro atoms. The Balaban J connectivity index is 2.44. The standard InChI is InChI=1S/C9H6N2O3S2/c12-5-1-2-10-4(7(5)13)3-6-8(14)11-9(15)16-6/h1-3,13H,(H,10,12)(H,11,14,15)/b6-3-. The number of amides is 1. The van der Waals surface area contributed by atoms with Crippen molar-refractivity contribution in [1.29, 1.82) is 0 Å². The molecule has 3 N–H and O–H groups in total. The van der Waals surface area contributed by atoms with Crippen LogP contribution in [0.25, 0.3) is 6.08 Å². The third kappa shape index (κ3) is 2.00. The monoisotopic (exact) mass is 254 g/mol. The molecular weight excluding hydrogens is 248 g/mol. The molecule has 1 amide bonds. The lowest BCUT2D eigenvalue weighted by molar-refractivity contribution is -0.115. The highest BCUT2D eigenvalue weighted by Crippen LogP contribution is 2.26. The maximum absolute atomic E-state index is 11.3. The molecule has 0 aromatic carbocycles. The molecule has 1 aliphatic rings. The van der Waals surface area contributed by atoms with Crippen LogP contribution in [0.15, 0.2) is 22.0 Å². The molecule has 1 aromatic heterocycles. The summed E-state index contributed by atoms with van der Waals surface area (Å²) in [5.74, 6) is -0.750. The van der Waals surface area contributed by atoms with Gasteiger partial charge in [-0.15, -0.1) is 0 Å². The maximum atomic E-state index is 11.3. The molecule has 0 atom stereocenters. The second-order valence-electron chi connectivity index (χ2n) is 2.96. The summed E-state index contributed by atoms with van der Waals surface area (Å²) in [6.45, 7) is 0. The van der Waals surface area contributed by atoms with E-state index < -0.39 is 11.2 Å². The van der Waals surface area contributed by atoms with Crippen LogP contribution in [0.1, 0.15) is 5.69 Å². The van der Waals surface area contributed by atoms with Gasteiger partial charge in [-0.05, 0) is 6.08 Å². The third-order valence-corrected chi connectivity index (χ3v) is 3.04. The number of hydrogen-bond acceptors (Lipinski definition) is 5. The molecule has 2 heterocycles. The van der Waals surface area contributed by atoms with Gasteiger partial charge in [0.05, 0.1) is 10.6 Å². The molecule has 0 radical (unpaired) electrons. The van der Waals surface area contributed by atoms with Gasteiger partial charge in [-0.1, -0.05) is 24.0 Å². The van der Waals surface area contributed by atoms with Gasteiger partial charge in [0, 0.05) is 12.3 Å². The van der Waals surface area contributed by atoms with E-state index in [1.807, 2.05) is 0 Å². The van der Waals surface area contributed by atoms with Crippen LogP contribution in [0.3, 0.4) is 0 Å². The number of H-pyrrole nitrogens is 1. The Morgan fingerprint density at radius 2 is 2.19 bits per heavy atom. The van der Waals surface area contributed by atoms with Gasteiger partial charge in [0.25, 0.3) is 5.91 Å². The number of nitrogens with one attached hydrogen (secondary N) is 2. The number of carbonyl (C=O) groups is 1. The van der Waals surface area contributed by atoms with Gasteiger partial charge >= 0.3 is 0 Å². The lowest BCUT2D eigenvalue weighted by Crippen LogP contribution is -2.17. The summed E-state index contributed by atoms with van der Waals surface area (Å²) in [5, 5.41) is 11.9. The number of aromatic nitrogens is 1. The van der Waals surface area contributed by atoms with Gasteiger partial charge in [0.15, 0.2) is 5.75 Å². The van der Waals surface area contributed by atoms with Crippen molar-refractivity contribution < 1.29 is 9.90 Å². The maximum Gasteiger partial charge on any atom is 0.263 e. The van der Waals surface area contributed by atoms with E-state index >= 15 is 0 Å². The Morgan fingerprint density at radius 1 is 1.44 bits per heavy atom. The van der Waals surface area contributed by atoms with Crippen LogP contribution >= 0.6 is 24.0 Å². The fraction of sp³-hybridized carbons (Fsp3) is 0. The summed E-state index contributed by atoms with van der Waals surface area (Å²) in [5.41, 5.74) is -0.313. The van der Waals surface area contributed by atoms with Gasteiger partial charge in [0.1, 0.15) is 4.32 Å². The molecule has 2 rings (SSSR count). The quantitative estimate of drug-likeness (QED) is 0.504. The van der Waals surface area contributed by atoms with Crippen molar-refractivity contribution in [1.82, 2.24) is 10.3 Å². The van der Waals surface area contributed by atoms with Crippen molar-refractivity contribution in [3.8, 4) is 5.75 Å². The smallest absolute Gasteiger partial charge is 0.263 e. The van der Waals surface area contributed by atoms with Gasteiger partial charge < -0.3 is 15.4 Å². The predicted molar refractivity (Wildman–Crippen MR) is 65.0 cm³/mol. The number of aromatic hydroxyl groups is 1. The zero-order valence-corrected chi connectivity index (χ0v) is 9.45. The first-order chi connectivity index (χ1) is 7.58. The van der Waals surface area contributed by atoms with E-state index in [1.54, 1.807) is 0 Å². The van der Waals surface area contributed by atoms with Gasteiger partial charge in [-0.25, -0.2) is 0 Å². The number of rotatable bonds is 1. The molecule has 0 unspecified atom stereocenters. The molecular formula is C9H6N2O3S2. The zero-order valence-electron chi connectivity index (χ0n) is 7.81. The van der Waals surface area contributed by atoms with Gasteiger partial charge in [-0.2, -0.15) is 0 Å². The molecule has 7 heteroatoms. The molecule has 5 nitrogen and oxygen atoms in total. The Hall–Kier alpha value is -1.60. The molecule has 0 bridgehead atoms. The largest absolute Gasteiger partial charge is 0.503 e. The van der Waals surface area contributed by atoms with Gasteiger partial charge in [0.2, 0.25) is 5.43 Å². The summed E-state index contributed by atoms with van der Waals surface area (Å²) in [6, 6.07) is 1.20. The van der Waals surface area contributed by atoms with Crippen molar-refractivity contribution >= 4 is 40.3 Å². The average Bonchev–Trinajstić information content (AvgIpc) is 2.53. The molecule has 1 aliphatic heterocycles. The van der Waals surface area contributed by atoms with E-state index in [0.29, 0.717) is 9.23 Å².